The van der Waals surface area contributed by atoms with E-state index in [1.807, 2.05) is 0 Å². The fraction of sp³-hybridized carbons (Fsp3) is 0.261. The van der Waals surface area contributed by atoms with Gasteiger partial charge >= 0.3 is 24.0 Å². The van der Waals surface area contributed by atoms with Crippen LogP contribution in [-0.2, 0) is 38.1 Å². The van der Waals surface area contributed by atoms with Crippen LogP contribution in [0.4, 0.5) is 16.2 Å². The van der Waals surface area contributed by atoms with Crippen molar-refractivity contribution in [3.8, 4) is 0 Å². The van der Waals surface area contributed by atoms with E-state index in [0.29, 0.717) is 11.4 Å². The highest BCUT2D eigenvalue weighted by Gasteiger charge is 2.37. The minimum atomic E-state index is -1.45. The number of esters is 3. The number of carbonyl (C=O) groups is 5. The van der Waals surface area contributed by atoms with Crippen molar-refractivity contribution in [2.24, 2.45) is 5.41 Å². The molecule has 0 aromatic heterocycles. The first kappa shape index (κ1) is 27.6. The van der Waals surface area contributed by atoms with Gasteiger partial charge in [-0.2, -0.15) is 0 Å². The molecule has 0 aliphatic heterocycles. The molecule has 0 aliphatic rings. The summed E-state index contributed by atoms with van der Waals surface area (Å²) in [6.45, 7) is 9.38. The number of rotatable bonds is 13. The minimum absolute atomic E-state index is 0.290. The second kappa shape index (κ2) is 13.9. The van der Waals surface area contributed by atoms with Crippen LogP contribution in [0.3, 0.4) is 0 Å². The monoisotopic (exact) mass is 474 g/mol. The van der Waals surface area contributed by atoms with Gasteiger partial charge in [0.25, 0.3) is 0 Å². The summed E-state index contributed by atoms with van der Waals surface area (Å²) in [5.41, 5.74) is -0.689. The van der Waals surface area contributed by atoms with Crippen molar-refractivity contribution in [1.29, 1.82) is 0 Å². The molecule has 1 aromatic rings. The second-order valence-electron chi connectivity index (χ2n) is 6.90. The lowest BCUT2D eigenvalue weighted by Crippen LogP contribution is -2.44. The van der Waals surface area contributed by atoms with Crippen molar-refractivity contribution in [3.05, 3.63) is 62.2 Å². The molecule has 182 valence electrons. The average Bonchev–Trinajstić information content (AvgIpc) is 2.82. The SMILES string of the molecule is C=CC(=O)OCC(COC(=O)C=C)(COC(=O)C=C)COC(=O)Nc1cccc(NC(C)=O)c1. The number of benzene rings is 1. The Balaban J connectivity index is 3.00. The second-order valence-corrected chi connectivity index (χ2v) is 6.90. The van der Waals surface area contributed by atoms with Gasteiger partial charge in [0.2, 0.25) is 5.91 Å². The molecule has 0 fully saturated rings. The van der Waals surface area contributed by atoms with Crippen LogP contribution >= 0.6 is 0 Å². The topological polar surface area (TPSA) is 146 Å². The molecule has 0 radical (unpaired) electrons. The van der Waals surface area contributed by atoms with Crippen LogP contribution < -0.4 is 10.6 Å². The molecule has 0 atom stereocenters. The van der Waals surface area contributed by atoms with Crippen LogP contribution in [0.1, 0.15) is 6.92 Å². The van der Waals surface area contributed by atoms with E-state index in [1.165, 1.54) is 13.0 Å². The minimum Gasteiger partial charge on any atom is -0.462 e. The zero-order valence-corrected chi connectivity index (χ0v) is 18.7. The molecule has 11 nitrogen and oxygen atoms in total. The summed E-state index contributed by atoms with van der Waals surface area (Å²) in [6, 6.07) is 6.28. The molecule has 0 heterocycles. The Morgan fingerprint density at radius 2 is 1.18 bits per heavy atom. The molecular formula is C23H26N2O9. The van der Waals surface area contributed by atoms with Crippen LogP contribution in [0.5, 0.6) is 0 Å². The fourth-order valence-corrected chi connectivity index (χ4v) is 2.35. The maximum absolute atomic E-state index is 12.4. The maximum atomic E-state index is 12.4. The fourth-order valence-electron chi connectivity index (χ4n) is 2.35. The van der Waals surface area contributed by atoms with Gasteiger partial charge in [0.15, 0.2) is 0 Å². The van der Waals surface area contributed by atoms with Crippen LogP contribution in [-0.4, -0.2) is 56.3 Å². The lowest BCUT2D eigenvalue weighted by atomic mass is 9.92. The standard InChI is InChI=1S/C23H26N2O9/c1-5-19(27)31-12-23(13-32-20(28)6-2,14-33-21(29)7-3)15-34-22(30)25-18-10-8-9-17(11-18)24-16(4)26/h5-11H,1-3,12-15H2,4H3,(H,24,26)(H,25,30). The molecule has 0 saturated heterocycles. The Morgan fingerprint density at radius 3 is 1.59 bits per heavy atom. The molecular weight excluding hydrogens is 448 g/mol. The van der Waals surface area contributed by atoms with Gasteiger partial charge < -0.3 is 24.3 Å². The van der Waals surface area contributed by atoms with E-state index in [-0.39, 0.29) is 5.91 Å². The summed E-state index contributed by atoms with van der Waals surface area (Å²) in [7, 11) is 0. The summed E-state index contributed by atoms with van der Waals surface area (Å²) in [6.07, 6.45) is 1.81. The third-order valence-corrected chi connectivity index (χ3v) is 4.00. The molecule has 2 N–H and O–H groups in total. The van der Waals surface area contributed by atoms with Gasteiger partial charge in [0.05, 0.1) is 0 Å². The number of hydrogen-bond acceptors (Lipinski definition) is 9. The predicted octanol–water partition coefficient (Wildman–Crippen LogP) is 2.37. The van der Waals surface area contributed by atoms with E-state index in [9.17, 15) is 24.0 Å². The summed E-state index contributed by atoms with van der Waals surface area (Å²) >= 11 is 0. The van der Waals surface area contributed by atoms with Crippen LogP contribution in [0.25, 0.3) is 0 Å². The van der Waals surface area contributed by atoms with Gasteiger partial charge in [-0.25, -0.2) is 19.2 Å². The van der Waals surface area contributed by atoms with Crippen LogP contribution in [0.2, 0.25) is 0 Å². The molecule has 1 aromatic carbocycles. The van der Waals surface area contributed by atoms with Gasteiger partial charge in [-0.1, -0.05) is 25.8 Å². The molecule has 0 aliphatic carbocycles. The Hall–Kier alpha value is -4.41. The number of carbonyl (C=O) groups excluding carboxylic acids is 5. The highest BCUT2D eigenvalue weighted by atomic mass is 16.6. The predicted molar refractivity (Wildman–Crippen MR) is 122 cm³/mol. The molecule has 1 rings (SSSR count). The van der Waals surface area contributed by atoms with Crippen molar-refractivity contribution < 1.29 is 42.9 Å². The van der Waals surface area contributed by atoms with E-state index < -0.39 is 55.8 Å². The number of amides is 2. The zero-order valence-electron chi connectivity index (χ0n) is 18.7. The first-order chi connectivity index (χ1) is 16.1. The quantitative estimate of drug-likeness (QED) is 0.250. The molecule has 11 heteroatoms. The maximum Gasteiger partial charge on any atom is 0.411 e. The van der Waals surface area contributed by atoms with Gasteiger partial charge in [-0.15, -0.1) is 0 Å². The molecule has 0 bridgehead atoms. The lowest BCUT2D eigenvalue weighted by molar-refractivity contribution is -0.158. The number of ether oxygens (including phenoxy) is 4. The highest BCUT2D eigenvalue weighted by Crippen LogP contribution is 2.22. The first-order valence-electron chi connectivity index (χ1n) is 9.82. The zero-order chi connectivity index (χ0) is 25.6. The van der Waals surface area contributed by atoms with Crippen molar-refractivity contribution >= 4 is 41.3 Å². The molecule has 34 heavy (non-hydrogen) atoms. The van der Waals surface area contributed by atoms with Gasteiger partial charge in [-0.3, -0.25) is 10.1 Å². The Kier molecular flexibility index (Phi) is 11.3. The molecule has 0 unspecified atom stereocenters. The highest BCUT2D eigenvalue weighted by molar-refractivity contribution is 5.91. The third-order valence-electron chi connectivity index (χ3n) is 4.00. The van der Waals surface area contributed by atoms with Crippen molar-refractivity contribution in [1.82, 2.24) is 0 Å². The van der Waals surface area contributed by atoms with Crippen molar-refractivity contribution in [2.75, 3.05) is 37.1 Å². The Labute approximate surface area is 196 Å². The first-order valence-corrected chi connectivity index (χ1v) is 9.82. The van der Waals surface area contributed by atoms with Gasteiger partial charge in [-0.05, 0) is 18.2 Å². The molecule has 2 amide bonds. The smallest absolute Gasteiger partial charge is 0.411 e. The summed E-state index contributed by atoms with van der Waals surface area (Å²) in [5.74, 6) is -2.68. The normalized spacial score (nSPS) is 10.1. The number of hydrogen-bond donors (Lipinski definition) is 2. The number of nitrogens with one attached hydrogen (secondary N) is 2. The van der Waals surface area contributed by atoms with Crippen molar-refractivity contribution in [3.63, 3.8) is 0 Å². The summed E-state index contributed by atoms with van der Waals surface area (Å²) in [4.78, 5) is 58.4. The van der Waals surface area contributed by atoms with Crippen LogP contribution in [0.15, 0.2) is 62.2 Å². The Morgan fingerprint density at radius 1 is 0.765 bits per heavy atom. The summed E-state index contributed by atoms with van der Waals surface area (Å²) < 4.78 is 20.4. The van der Waals surface area contributed by atoms with Crippen molar-refractivity contribution in [2.45, 2.75) is 6.92 Å². The summed E-state index contributed by atoms with van der Waals surface area (Å²) in [5, 5.41) is 5.04. The Bertz CT molecular complexity index is 896. The molecule has 0 saturated carbocycles. The van der Waals surface area contributed by atoms with Gasteiger partial charge in [0.1, 0.15) is 31.8 Å². The van der Waals surface area contributed by atoms with Gasteiger partial charge in [0, 0.05) is 36.5 Å². The molecule has 0 spiro atoms. The lowest BCUT2D eigenvalue weighted by Gasteiger charge is -2.31. The van der Waals surface area contributed by atoms with E-state index in [1.54, 1.807) is 18.2 Å². The van der Waals surface area contributed by atoms with Crippen LogP contribution in [0, 0.1) is 5.41 Å². The van der Waals surface area contributed by atoms with E-state index in [4.69, 9.17) is 18.9 Å². The van der Waals surface area contributed by atoms with E-state index in [2.05, 4.69) is 30.4 Å². The average molecular weight is 474 g/mol. The number of anilines is 2. The van der Waals surface area contributed by atoms with E-state index in [0.717, 1.165) is 18.2 Å². The van der Waals surface area contributed by atoms with E-state index >= 15 is 0 Å². The third kappa shape index (κ3) is 10.3. The largest absolute Gasteiger partial charge is 0.462 e.